The number of fused-ring (bicyclic) bond motifs is 1. The van der Waals surface area contributed by atoms with Crippen LogP contribution in [0.5, 0.6) is 0 Å². The highest BCUT2D eigenvalue weighted by molar-refractivity contribution is 6.00. The Morgan fingerprint density at radius 3 is 2.38 bits per heavy atom. The number of rotatable bonds is 4. The van der Waals surface area contributed by atoms with Crippen LogP contribution in [0.25, 0.3) is 22.0 Å². The van der Waals surface area contributed by atoms with Gasteiger partial charge in [-0.05, 0) is 25.5 Å². The Hall–Kier alpha value is -3.16. The van der Waals surface area contributed by atoms with E-state index in [4.69, 9.17) is 0 Å². The largest absolute Gasteiger partial charge is 0.416 e. The standard InChI is InChI=1S/C21H19F3N4O/c1-20(10-11-25-19(20)29)12-26-18-16-5-3-2-4-15(16)17(27-28-18)13-6-8-14(9-7-13)21(22,23)24/h2-9H,10-12H2,1H3,(H,25,29)(H,26,28). The summed E-state index contributed by atoms with van der Waals surface area (Å²) in [5.41, 5.74) is -0.172. The van der Waals surface area contributed by atoms with Crippen molar-refractivity contribution >= 4 is 22.5 Å². The van der Waals surface area contributed by atoms with E-state index in [1.807, 2.05) is 31.2 Å². The lowest BCUT2D eigenvalue weighted by atomic mass is 9.89. The molecule has 2 N–H and O–H groups in total. The minimum absolute atomic E-state index is 0.00337. The number of alkyl halides is 3. The van der Waals surface area contributed by atoms with E-state index in [0.29, 0.717) is 30.2 Å². The number of halogens is 3. The number of hydrogen-bond acceptors (Lipinski definition) is 4. The first kappa shape index (κ1) is 19.2. The van der Waals surface area contributed by atoms with Crippen molar-refractivity contribution in [2.24, 2.45) is 5.41 Å². The molecule has 150 valence electrons. The Bertz CT molecular complexity index is 1070. The van der Waals surface area contributed by atoms with Gasteiger partial charge in [0, 0.05) is 29.4 Å². The van der Waals surface area contributed by atoms with Crippen molar-refractivity contribution in [3.8, 4) is 11.3 Å². The molecule has 0 spiro atoms. The number of benzene rings is 2. The molecule has 0 saturated carbocycles. The number of carbonyl (C=O) groups excluding carboxylic acids is 1. The number of nitrogens with zero attached hydrogens (tertiary/aromatic N) is 2. The lowest BCUT2D eigenvalue weighted by Gasteiger charge is -2.21. The molecule has 0 radical (unpaired) electrons. The molecule has 1 amide bonds. The number of aromatic nitrogens is 2. The van der Waals surface area contributed by atoms with Crippen molar-refractivity contribution in [1.29, 1.82) is 0 Å². The van der Waals surface area contributed by atoms with E-state index in [0.717, 1.165) is 29.3 Å². The predicted molar refractivity (Wildman–Crippen MR) is 104 cm³/mol. The second kappa shape index (κ2) is 7.02. The van der Waals surface area contributed by atoms with Gasteiger partial charge in [0.2, 0.25) is 5.91 Å². The molecule has 1 saturated heterocycles. The highest BCUT2D eigenvalue weighted by atomic mass is 19.4. The molecule has 1 aliphatic heterocycles. The monoisotopic (exact) mass is 400 g/mol. The quantitative estimate of drug-likeness (QED) is 0.687. The summed E-state index contributed by atoms with van der Waals surface area (Å²) in [6.07, 6.45) is -3.66. The number of anilines is 1. The molecule has 8 heteroatoms. The van der Waals surface area contributed by atoms with Crippen molar-refractivity contribution in [2.45, 2.75) is 19.5 Å². The van der Waals surface area contributed by atoms with Crippen LogP contribution < -0.4 is 10.6 Å². The Kier molecular flexibility index (Phi) is 4.64. The van der Waals surface area contributed by atoms with Gasteiger partial charge < -0.3 is 10.6 Å². The van der Waals surface area contributed by atoms with Gasteiger partial charge in [-0.15, -0.1) is 10.2 Å². The summed E-state index contributed by atoms with van der Waals surface area (Å²) >= 11 is 0. The average Bonchev–Trinajstić information content (AvgIpc) is 3.04. The Balaban J connectivity index is 1.68. The molecule has 2 heterocycles. The van der Waals surface area contributed by atoms with E-state index in [9.17, 15) is 18.0 Å². The van der Waals surface area contributed by atoms with Gasteiger partial charge in [0.05, 0.1) is 11.0 Å². The van der Waals surface area contributed by atoms with Crippen LogP contribution in [0.3, 0.4) is 0 Å². The first-order valence-electron chi connectivity index (χ1n) is 9.23. The smallest absolute Gasteiger partial charge is 0.367 e. The van der Waals surface area contributed by atoms with E-state index in [-0.39, 0.29) is 5.91 Å². The van der Waals surface area contributed by atoms with Crippen LogP contribution in [0.2, 0.25) is 0 Å². The maximum atomic E-state index is 12.8. The fourth-order valence-corrected chi connectivity index (χ4v) is 3.49. The molecule has 29 heavy (non-hydrogen) atoms. The SMILES string of the molecule is CC1(CNc2nnc(-c3ccc(C(F)(F)F)cc3)c3ccccc23)CCNC1=O. The molecular weight excluding hydrogens is 381 g/mol. The third kappa shape index (κ3) is 3.62. The average molecular weight is 400 g/mol. The Labute approximate surface area is 165 Å². The van der Waals surface area contributed by atoms with Crippen LogP contribution in [-0.2, 0) is 11.0 Å². The van der Waals surface area contributed by atoms with Gasteiger partial charge in [0.1, 0.15) is 5.69 Å². The third-order valence-corrected chi connectivity index (χ3v) is 5.33. The van der Waals surface area contributed by atoms with Crippen molar-refractivity contribution in [1.82, 2.24) is 15.5 Å². The number of nitrogens with one attached hydrogen (secondary N) is 2. The van der Waals surface area contributed by atoms with E-state index >= 15 is 0 Å². The number of carbonyl (C=O) groups is 1. The summed E-state index contributed by atoms with van der Waals surface area (Å²) in [4.78, 5) is 12.1. The third-order valence-electron chi connectivity index (χ3n) is 5.33. The van der Waals surface area contributed by atoms with Gasteiger partial charge in [-0.3, -0.25) is 4.79 Å². The molecular formula is C21H19F3N4O. The zero-order valence-corrected chi connectivity index (χ0v) is 15.7. The molecule has 1 fully saturated rings. The van der Waals surface area contributed by atoms with Crippen LogP contribution in [0, 0.1) is 5.41 Å². The normalized spacial score (nSPS) is 19.4. The van der Waals surface area contributed by atoms with Gasteiger partial charge >= 0.3 is 6.18 Å². The van der Waals surface area contributed by atoms with E-state index in [2.05, 4.69) is 20.8 Å². The Morgan fingerprint density at radius 1 is 1.07 bits per heavy atom. The summed E-state index contributed by atoms with van der Waals surface area (Å²) in [6.45, 7) is 2.96. The molecule has 4 rings (SSSR count). The molecule has 1 aliphatic rings. The fourth-order valence-electron chi connectivity index (χ4n) is 3.49. The minimum Gasteiger partial charge on any atom is -0.367 e. The minimum atomic E-state index is -4.39. The zero-order valence-electron chi connectivity index (χ0n) is 15.7. The van der Waals surface area contributed by atoms with E-state index < -0.39 is 17.2 Å². The maximum absolute atomic E-state index is 12.8. The highest BCUT2D eigenvalue weighted by Gasteiger charge is 2.37. The first-order valence-corrected chi connectivity index (χ1v) is 9.23. The molecule has 3 aromatic rings. The maximum Gasteiger partial charge on any atom is 0.416 e. The van der Waals surface area contributed by atoms with Crippen molar-refractivity contribution < 1.29 is 18.0 Å². The Morgan fingerprint density at radius 2 is 1.76 bits per heavy atom. The summed E-state index contributed by atoms with van der Waals surface area (Å²) in [6, 6.07) is 12.3. The lowest BCUT2D eigenvalue weighted by Crippen LogP contribution is -2.34. The van der Waals surface area contributed by atoms with Gasteiger partial charge in [0.25, 0.3) is 0 Å². The predicted octanol–water partition coefficient (Wildman–Crippen LogP) is 4.25. The molecule has 1 atom stereocenters. The fraction of sp³-hybridized carbons (Fsp3) is 0.286. The van der Waals surface area contributed by atoms with Crippen LogP contribution in [0.15, 0.2) is 48.5 Å². The first-order chi connectivity index (χ1) is 13.8. The van der Waals surface area contributed by atoms with Crippen LogP contribution >= 0.6 is 0 Å². The molecule has 5 nitrogen and oxygen atoms in total. The number of amides is 1. The summed E-state index contributed by atoms with van der Waals surface area (Å²) < 4.78 is 38.5. The van der Waals surface area contributed by atoms with Crippen LogP contribution in [0.1, 0.15) is 18.9 Å². The van der Waals surface area contributed by atoms with Gasteiger partial charge in [-0.25, -0.2) is 0 Å². The number of hydrogen-bond donors (Lipinski definition) is 2. The molecule has 1 unspecified atom stereocenters. The lowest BCUT2D eigenvalue weighted by molar-refractivity contribution is -0.137. The topological polar surface area (TPSA) is 66.9 Å². The molecule has 0 aliphatic carbocycles. The molecule has 1 aromatic heterocycles. The van der Waals surface area contributed by atoms with E-state index in [1.165, 1.54) is 12.1 Å². The van der Waals surface area contributed by atoms with Crippen molar-refractivity contribution in [3.05, 3.63) is 54.1 Å². The van der Waals surface area contributed by atoms with Gasteiger partial charge in [0.15, 0.2) is 5.82 Å². The summed E-state index contributed by atoms with van der Waals surface area (Å²) in [5, 5.41) is 16.1. The van der Waals surface area contributed by atoms with Crippen molar-refractivity contribution in [2.75, 3.05) is 18.4 Å². The van der Waals surface area contributed by atoms with Crippen LogP contribution in [-0.4, -0.2) is 29.2 Å². The van der Waals surface area contributed by atoms with Crippen LogP contribution in [0.4, 0.5) is 19.0 Å². The second-order valence-electron chi connectivity index (χ2n) is 7.44. The van der Waals surface area contributed by atoms with E-state index in [1.54, 1.807) is 0 Å². The van der Waals surface area contributed by atoms with Crippen molar-refractivity contribution in [3.63, 3.8) is 0 Å². The highest BCUT2D eigenvalue weighted by Crippen LogP contribution is 2.34. The van der Waals surface area contributed by atoms with Gasteiger partial charge in [-0.2, -0.15) is 13.2 Å². The summed E-state index contributed by atoms with van der Waals surface area (Å²) in [5.74, 6) is 0.542. The summed E-state index contributed by atoms with van der Waals surface area (Å²) in [7, 11) is 0. The molecule has 0 bridgehead atoms. The zero-order chi connectivity index (χ0) is 20.6. The molecule has 2 aromatic carbocycles. The second-order valence-corrected chi connectivity index (χ2v) is 7.44. The van der Waals surface area contributed by atoms with Gasteiger partial charge in [-0.1, -0.05) is 36.4 Å².